The van der Waals surface area contributed by atoms with E-state index in [0.717, 1.165) is 0 Å². The van der Waals surface area contributed by atoms with Crippen LogP contribution >= 0.6 is 0 Å². The van der Waals surface area contributed by atoms with E-state index >= 15 is 0 Å². The Labute approximate surface area is 112 Å². The molecule has 1 aliphatic rings. The van der Waals surface area contributed by atoms with Crippen LogP contribution in [0, 0.1) is 5.92 Å². The number of urea groups is 1. The van der Waals surface area contributed by atoms with E-state index in [0.29, 0.717) is 11.6 Å². The van der Waals surface area contributed by atoms with Crippen LogP contribution in [0.25, 0.3) is 0 Å². The van der Waals surface area contributed by atoms with Gasteiger partial charge >= 0.3 is 12.0 Å². The highest BCUT2D eigenvalue weighted by Gasteiger charge is 2.24. The summed E-state index contributed by atoms with van der Waals surface area (Å²) in [5.41, 5.74) is 0.789. The molecule has 5 heteroatoms. The van der Waals surface area contributed by atoms with Crippen LogP contribution in [0.4, 0.5) is 10.5 Å². The number of carboxylic acid groups (broad SMARTS) is 1. The zero-order chi connectivity index (χ0) is 13.8. The number of amides is 2. The van der Waals surface area contributed by atoms with Crippen molar-refractivity contribution in [2.24, 2.45) is 5.92 Å². The van der Waals surface area contributed by atoms with Crippen molar-refractivity contribution in [3.05, 3.63) is 29.8 Å². The van der Waals surface area contributed by atoms with Gasteiger partial charge in [-0.15, -0.1) is 0 Å². The minimum absolute atomic E-state index is 0.173. The number of rotatable bonds is 4. The molecule has 1 atom stereocenters. The number of carbonyl (C=O) groups is 2. The Hall–Kier alpha value is -2.04. The molecule has 3 N–H and O–H groups in total. The Morgan fingerprint density at radius 3 is 2.37 bits per heavy atom. The molecule has 1 unspecified atom stereocenters. The molecule has 0 bridgehead atoms. The average molecular weight is 262 g/mol. The summed E-state index contributed by atoms with van der Waals surface area (Å²) >= 11 is 0. The number of hydrogen-bond donors (Lipinski definition) is 3. The van der Waals surface area contributed by atoms with Crippen LogP contribution in [0.3, 0.4) is 0 Å². The fraction of sp³-hybridized carbons (Fsp3) is 0.429. The van der Waals surface area contributed by atoms with Crippen molar-refractivity contribution in [3.8, 4) is 0 Å². The number of carboxylic acids is 1. The van der Waals surface area contributed by atoms with E-state index in [9.17, 15) is 9.59 Å². The van der Waals surface area contributed by atoms with Crippen LogP contribution in [-0.2, 0) is 0 Å². The van der Waals surface area contributed by atoms with Gasteiger partial charge in [0.05, 0.1) is 5.56 Å². The van der Waals surface area contributed by atoms with Gasteiger partial charge < -0.3 is 15.7 Å². The van der Waals surface area contributed by atoms with Gasteiger partial charge in [-0.25, -0.2) is 9.59 Å². The first-order valence-electron chi connectivity index (χ1n) is 6.47. The van der Waals surface area contributed by atoms with Gasteiger partial charge in [0.2, 0.25) is 0 Å². The van der Waals surface area contributed by atoms with Crippen molar-refractivity contribution in [1.82, 2.24) is 5.32 Å². The molecule has 1 aliphatic carbocycles. The fourth-order valence-electron chi connectivity index (χ4n) is 2.13. The van der Waals surface area contributed by atoms with Gasteiger partial charge in [-0.1, -0.05) is 6.42 Å². The number of benzene rings is 1. The molecule has 2 amide bonds. The Bertz CT molecular complexity index is 466. The lowest BCUT2D eigenvalue weighted by molar-refractivity contribution is 0.0697. The summed E-state index contributed by atoms with van der Waals surface area (Å²) < 4.78 is 0. The molecule has 19 heavy (non-hydrogen) atoms. The minimum Gasteiger partial charge on any atom is -0.478 e. The zero-order valence-corrected chi connectivity index (χ0v) is 10.8. The Kier molecular flexibility index (Phi) is 4.04. The molecule has 0 aliphatic heterocycles. The van der Waals surface area contributed by atoms with Crippen molar-refractivity contribution in [2.45, 2.75) is 32.2 Å². The van der Waals surface area contributed by atoms with Crippen molar-refractivity contribution < 1.29 is 14.7 Å². The van der Waals surface area contributed by atoms with Crippen LogP contribution in [0.1, 0.15) is 36.5 Å². The minimum atomic E-state index is -0.977. The van der Waals surface area contributed by atoms with E-state index < -0.39 is 5.97 Å². The molecule has 1 saturated carbocycles. The smallest absolute Gasteiger partial charge is 0.335 e. The summed E-state index contributed by atoms with van der Waals surface area (Å²) in [6.45, 7) is 2.01. The second-order valence-corrected chi connectivity index (χ2v) is 4.96. The lowest BCUT2D eigenvalue weighted by atomic mass is 9.80. The predicted octanol–water partition coefficient (Wildman–Crippen LogP) is 2.69. The highest BCUT2D eigenvalue weighted by molar-refractivity contribution is 5.91. The number of aromatic carboxylic acids is 1. The molecular weight excluding hydrogens is 244 g/mol. The van der Waals surface area contributed by atoms with Gasteiger partial charge in [0.15, 0.2) is 0 Å². The van der Waals surface area contributed by atoms with Gasteiger partial charge in [-0.05, 0) is 49.9 Å². The number of carbonyl (C=O) groups excluding carboxylic acids is 1. The van der Waals surface area contributed by atoms with Crippen LogP contribution in [-0.4, -0.2) is 23.1 Å². The van der Waals surface area contributed by atoms with Crippen LogP contribution in [0.15, 0.2) is 24.3 Å². The predicted molar refractivity (Wildman–Crippen MR) is 72.4 cm³/mol. The first-order valence-corrected chi connectivity index (χ1v) is 6.47. The summed E-state index contributed by atoms with van der Waals surface area (Å²) in [7, 11) is 0. The third kappa shape index (κ3) is 3.47. The first-order chi connectivity index (χ1) is 9.06. The highest BCUT2D eigenvalue weighted by atomic mass is 16.4. The summed E-state index contributed by atoms with van der Waals surface area (Å²) in [5.74, 6) is -0.394. The summed E-state index contributed by atoms with van der Waals surface area (Å²) in [4.78, 5) is 22.4. The van der Waals surface area contributed by atoms with Crippen molar-refractivity contribution in [3.63, 3.8) is 0 Å². The average Bonchev–Trinajstić information content (AvgIpc) is 2.26. The lowest BCUT2D eigenvalue weighted by Gasteiger charge is -2.31. The molecule has 0 aromatic heterocycles. The van der Waals surface area contributed by atoms with Crippen LogP contribution in [0.5, 0.6) is 0 Å². The number of nitrogens with one attached hydrogen (secondary N) is 2. The monoisotopic (exact) mass is 262 g/mol. The first kappa shape index (κ1) is 13.4. The number of anilines is 1. The maximum absolute atomic E-state index is 11.7. The standard InChI is InChI=1S/C14H18N2O3/c1-9(10-3-2-4-10)15-14(19)16-12-7-5-11(6-8-12)13(17)18/h5-10H,2-4H2,1H3,(H,17,18)(H2,15,16,19). The second-order valence-electron chi connectivity index (χ2n) is 4.96. The third-order valence-electron chi connectivity index (χ3n) is 3.61. The molecule has 102 valence electrons. The molecule has 0 radical (unpaired) electrons. The molecule has 1 fully saturated rings. The Morgan fingerprint density at radius 1 is 1.26 bits per heavy atom. The van der Waals surface area contributed by atoms with Gasteiger partial charge in [0, 0.05) is 11.7 Å². The highest BCUT2D eigenvalue weighted by Crippen LogP contribution is 2.29. The van der Waals surface area contributed by atoms with Gasteiger partial charge in [-0.3, -0.25) is 0 Å². The van der Waals surface area contributed by atoms with Gasteiger partial charge in [-0.2, -0.15) is 0 Å². The third-order valence-corrected chi connectivity index (χ3v) is 3.61. The fourth-order valence-corrected chi connectivity index (χ4v) is 2.13. The summed E-state index contributed by atoms with van der Waals surface area (Å²) in [5, 5.41) is 14.4. The SMILES string of the molecule is CC(NC(=O)Nc1ccc(C(=O)O)cc1)C1CCC1. The topological polar surface area (TPSA) is 78.4 Å². The molecule has 2 rings (SSSR count). The van der Waals surface area contributed by atoms with Gasteiger partial charge in [0.1, 0.15) is 0 Å². The van der Waals surface area contributed by atoms with E-state index in [-0.39, 0.29) is 17.6 Å². The second kappa shape index (κ2) is 5.73. The number of hydrogen-bond acceptors (Lipinski definition) is 2. The summed E-state index contributed by atoms with van der Waals surface area (Å²) in [6, 6.07) is 6.02. The molecule has 0 heterocycles. The van der Waals surface area contributed by atoms with E-state index in [1.54, 1.807) is 12.1 Å². The molecule has 1 aromatic carbocycles. The van der Waals surface area contributed by atoms with E-state index in [2.05, 4.69) is 10.6 Å². The van der Waals surface area contributed by atoms with E-state index in [1.165, 1.54) is 31.4 Å². The zero-order valence-electron chi connectivity index (χ0n) is 10.8. The molecular formula is C14H18N2O3. The van der Waals surface area contributed by atoms with Crippen LogP contribution < -0.4 is 10.6 Å². The quantitative estimate of drug-likeness (QED) is 0.780. The lowest BCUT2D eigenvalue weighted by Crippen LogP contribution is -2.42. The molecule has 0 spiro atoms. The van der Waals surface area contributed by atoms with E-state index in [4.69, 9.17) is 5.11 Å². The maximum Gasteiger partial charge on any atom is 0.335 e. The Morgan fingerprint density at radius 2 is 1.89 bits per heavy atom. The maximum atomic E-state index is 11.7. The Balaban J connectivity index is 1.85. The van der Waals surface area contributed by atoms with Crippen LogP contribution in [0.2, 0.25) is 0 Å². The normalized spacial score (nSPS) is 16.3. The largest absolute Gasteiger partial charge is 0.478 e. The van der Waals surface area contributed by atoms with Crippen molar-refractivity contribution in [2.75, 3.05) is 5.32 Å². The molecule has 5 nitrogen and oxygen atoms in total. The summed E-state index contributed by atoms with van der Waals surface area (Å²) in [6.07, 6.45) is 3.60. The van der Waals surface area contributed by atoms with Crippen molar-refractivity contribution >= 4 is 17.7 Å². The molecule has 1 aromatic rings. The van der Waals surface area contributed by atoms with E-state index in [1.807, 2.05) is 6.92 Å². The molecule has 0 saturated heterocycles. The van der Waals surface area contributed by atoms with Crippen molar-refractivity contribution in [1.29, 1.82) is 0 Å². The van der Waals surface area contributed by atoms with Gasteiger partial charge in [0.25, 0.3) is 0 Å².